The molecule has 0 aliphatic rings. The maximum Gasteiger partial charge on any atom is 0.269 e. The Kier molecular flexibility index (Phi) is 4.27. The number of imidazole rings is 1. The van der Waals surface area contributed by atoms with E-state index in [0.717, 1.165) is 27.6 Å². The van der Waals surface area contributed by atoms with Gasteiger partial charge in [0.25, 0.3) is 5.91 Å². The summed E-state index contributed by atoms with van der Waals surface area (Å²) in [4.78, 5) is 22.5. The van der Waals surface area contributed by atoms with E-state index in [-0.39, 0.29) is 11.9 Å². The Bertz CT molecular complexity index is 1140. The summed E-state index contributed by atoms with van der Waals surface area (Å²) in [6.45, 7) is 7.82. The number of rotatable bonds is 4. The van der Waals surface area contributed by atoms with Crippen LogP contribution in [-0.2, 0) is 0 Å². The van der Waals surface area contributed by atoms with E-state index in [0.29, 0.717) is 11.5 Å². The van der Waals surface area contributed by atoms with E-state index in [2.05, 4.69) is 52.5 Å². The molecular formula is C19H20N6OS. The number of H-pyrrole nitrogens is 1. The van der Waals surface area contributed by atoms with Crippen LogP contribution in [0.3, 0.4) is 0 Å². The molecule has 0 radical (unpaired) electrons. The molecule has 0 spiro atoms. The fourth-order valence-corrected chi connectivity index (χ4v) is 3.83. The van der Waals surface area contributed by atoms with Gasteiger partial charge in [0.2, 0.25) is 0 Å². The molecule has 4 aromatic rings. The van der Waals surface area contributed by atoms with E-state index in [4.69, 9.17) is 4.98 Å². The number of aromatic amines is 1. The smallest absolute Gasteiger partial charge is 0.269 e. The number of fused-ring (bicyclic) bond motifs is 1. The fraction of sp³-hybridized carbons (Fsp3) is 0.263. The number of hydrogen-bond acceptors (Lipinski definition) is 5. The van der Waals surface area contributed by atoms with Crippen molar-refractivity contribution in [3.8, 4) is 11.3 Å². The van der Waals surface area contributed by atoms with Gasteiger partial charge in [-0.2, -0.15) is 5.10 Å². The molecule has 1 amide bonds. The van der Waals surface area contributed by atoms with Gasteiger partial charge in [-0.3, -0.25) is 14.3 Å². The van der Waals surface area contributed by atoms with E-state index in [1.54, 1.807) is 0 Å². The summed E-state index contributed by atoms with van der Waals surface area (Å²) in [6, 6.07) is 6.00. The first-order valence-corrected chi connectivity index (χ1v) is 9.54. The molecule has 0 bridgehead atoms. The molecular weight excluding hydrogens is 360 g/mol. The van der Waals surface area contributed by atoms with Gasteiger partial charge in [-0.1, -0.05) is 17.7 Å². The van der Waals surface area contributed by atoms with Gasteiger partial charge in [-0.05, 0) is 39.3 Å². The third-order valence-corrected chi connectivity index (χ3v) is 5.30. The molecule has 138 valence electrons. The van der Waals surface area contributed by atoms with Gasteiger partial charge < -0.3 is 5.32 Å². The van der Waals surface area contributed by atoms with Crippen LogP contribution in [0.25, 0.3) is 16.2 Å². The lowest BCUT2D eigenvalue weighted by atomic mass is 10.0. The van der Waals surface area contributed by atoms with Crippen LogP contribution in [-0.4, -0.2) is 30.5 Å². The molecule has 0 aliphatic carbocycles. The first-order valence-electron chi connectivity index (χ1n) is 8.66. The maximum absolute atomic E-state index is 12.8. The lowest BCUT2D eigenvalue weighted by Gasteiger charge is -2.09. The Morgan fingerprint density at radius 2 is 2.07 bits per heavy atom. The van der Waals surface area contributed by atoms with Crippen molar-refractivity contribution >= 4 is 22.2 Å². The highest BCUT2D eigenvalue weighted by atomic mass is 32.1. The Morgan fingerprint density at radius 1 is 1.26 bits per heavy atom. The van der Waals surface area contributed by atoms with Gasteiger partial charge in [0.1, 0.15) is 11.5 Å². The molecule has 27 heavy (non-hydrogen) atoms. The molecule has 0 saturated heterocycles. The van der Waals surface area contributed by atoms with Gasteiger partial charge in [0.05, 0.1) is 11.7 Å². The topological polar surface area (TPSA) is 88.0 Å². The van der Waals surface area contributed by atoms with Crippen molar-refractivity contribution in [1.82, 2.24) is 29.9 Å². The van der Waals surface area contributed by atoms with E-state index in [9.17, 15) is 4.79 Å². The SMILES string of the molecule is Cc1ccc(C)c(-c2cn3c(C(=O)N[C@@H](C)c4n[nH]c(C)n4)csc3n2)c1. The summed E-state index contributed by atoms with van der Waals surface area (Å²) < 4.78 is 1.84. The summed E-state index contributed by atoms with van der Waals surface area (Å²) in [7, 11) is 0. The lowest BCUT2D eigenvalue weighted by Crippen LogP contribution is -2.28. The molecule has 4 rings (SSSR count). The van der Waals surface area contributed by atoms with E-state index in [1.807, 2.05) is 29.8 Å². The lowest BCUT2D eigenvalue weighted by molar-refractivity contribution is 0.0932. The first-order chi connectivity index (χ1) is 12.9. The number of amides is 1. The van der Waals surface area contributed by atoms with Crippen LogP contribution in [0.1, 0.15) is 46.2 Å². The third kappa shape index (κ3) is 3.23. The molecule has 3 heterocycles. The molecule has 1 aromatic carbocycles. The first kappa shape index (κ1) is 17.4. The van der Waals surface area contributed by atoms with Crippen LogP contribution in [0.4, 0.5) is 0 Å². The van der Waals surface area contributed by atoms with E-state index < -0.39 is 0 Å². The fourth-order valence-electron chi connectivity index (χ4n) is 2.98. The Hall–Kier alpha value is -3.00. The van der Waals surface area contributed by atoms with Crippen molar-refractivity contribution in [3.63, 3.8) is 0 Å². The van der Waals surface area contributed by atoms with Gasteiger partial charge >= 0.3 is 0 Å². The van der Waals surface area contributed by atoms with E-state index >= 15 is 0 Å². The minimum atomic E-state index is -0.292. The molecule has 0 aliphatic heterocycles. The second-order valence-electron chi connectivity index (χ2n) is 6.69. The normalized spacial score (nSPS) is 12.4. The molecule has 0 saturated carbocycles. The molecule has 0 unspecified atom stereocenters. The summed E-state index contributed by atoms with van der Waals surface area (Å²) in [6.07, 6.45) is 1.92. The zero-order chi connectivity index (χ0) is 19.1. The monoisotopic (exact) mass is 380 g/mol. The third-order valence-electron chi connectivity index (χ3n) is 4.46. The number of hydrogen-bond donors (Lipinski definition) is 2. The van der Waals surface area contributed by atoms with Crippen molar-refractivity contribution in [3.05, 3.63) is 58.2 Å². The average Bonchev–Trinajstić information content (AvgIpc) is 3.32. The molecule has 2 N–H and O–H groups in total. The quantitative estimate of drug-likeness (QED) is 0.566. The number of aryl methyl sites for hydroxylation is 3. The zero-order valence-corrected chi connectivity index (χ0v) is 16.4. The second-order valence-corrected chi connectivity index (χ2v) is 7.53. The van der Waals surface area contributed by atoms with Crippen molar-refractivity contribution < 1.29 is 4.79 Å². The van der Waals surface area contributed by atoms with E-state index in [1.165, 1.54) is 16.9 Å². The van der Waals surface area contributed by atoms with Crippen molar-refractivity contribution in [2.75, 3.05) is 0 Å². The number of carbonyl (C=O) groups excluding carboxylic acids is 1. The molecule has 3 aromatic heterocycles. The number of nitrogens with zero attached hydrogens (tertiary/aromatic N) is 4. The summed E-state index contributed by atoms with van der Waals surface area (Å²) in [5.74, 6) is 1.10. The van der Waals surface area contributed by atoms with Gasteiger partial charge in [0.15, 0.2) is 10.8 Å². The van der Waals surface area contributed by atoms with Gasteiger partial charge in [-0.25, -0.2) is 9.97 Å². The average molecular weight is 380 g/mol. The number of thiazole rings is 1. The highest BCUT2D eigenvalue weighted by Crippen LogP contribution is 2.27. The van der Waals surface area contributed by atoms with Crippen molar-refractivity contribution in [2.45, 2.75) is 33.7 Å². The highest BCUT2D eigenvalue weighted by molar-refractivity contribution is 7.15. The molecule has 1 atom stereocenters. The minimum absolute atomic E-state index is 0.180. The van der Waals surface area contributed by atoms with Crippen LogP contribution in [0.2, 0.25) is 0 Å². The van der Waals surface area contributed by atoms with Gasteiger partial charge in [-0.15, -0.1) is 11.3 Å². The summed E-state index contributed by atoms with van der Waals surface area (Å²) in [5.41, 5.74) is 4.85. The summed E-state index contributed by atoms with van der Waals surface area (Å²) in [5, 5.41) is 11.7. The maximum atomic E-state index is 12.8. The second kappa shape index (κ2) is 6.62. The van der Waals surface area contributed by atoms with Crippen LogP contribution in [0.15, 0.2) is 29.8 Å². The standard InChI is InChI=1S/C19H20N6OS/c1-10-5-6-11(2)14(7-10)15-8-25-16(9-27-19(25)22-15)18(26)20-12(3)17-21-13(4)23-24-17/h5-9,12H,1-4H3,(H,20,26)(H,21,23,24)/t12-/m0/s1. The molecule has 7 nitrogen and oxygen atoms in total. The Labute approximate surface area is 160 Å². The number of carbonyl (C=O) groups is 1. The van der Waals surface area contributed by atoms with Crippen LogP contribution in [0.5, 0.6) is 0 Å². The van der Waals surface area contributed by atoms with Crippen molar-refractivity contribution in [1.29, 1.82) is 0 Å². The predicted octanol–water partition coefficient (Wildman–Crippen LogP) is 3.60. The molecule has 0 fully saturated rings. The van der Waals surface area contributed by atoms with Crippen molar-refractivity contribution in [2.24, 2.45) is 0 Å². The largest absolute Gasteiger partial charge is 0.341 e. The highest BCUT2D eigenvalue weighted by Gasteiger charge is 2.19. The number of nitrogens with one attached hydrogen (secondary N) is 2. The summed E-state index contributed by atoms with van der Waals surface area (Å²) >= 11 is 1.45. The van der Waals surface area contributed by atoms with Gasteiger partial charge in [0, 0.05) is 17.1 Å². The van der Waals surface area contributed by atoms with Crippen LogP contribution >= 0.6 is 11.3 Å². The Morgan fingerprint density at radius 3 is 2.81 bits per heavy atom. The minimum Gasteiger partial charge on any atom is -0.341 e. The Balaban J connectivity index is 1.64. The zero-order valence-electron chi connectivity index (χ0n) is 15.6. The van der Waals surface area contributed by atoms with Crippen LogP contribution < -0.4 is 5.32 Å². The number of aromatic nitrogens is 5. The van der Waals surface area contributed by atoms with Crippen LogP contribution in [0, 0.1) is 20.8 Å². The number of benzene rings is 1. The predicted molar refractivity (Wildman–Crippen MR) is 105 cm³/mol. The molecule has 8 heteroatoms.